The molecule has 0 saturated carbocycles. The van der Waals surface area contributed by atoms with Gasteiger partial charge in [0, 0.05) is 37.6 Å². The SMILES string of the molecule is CCN(CC)c1ccc(C=Cc2ccc3cc(C=Cc4ccc(N(CC)CC)cc4)ccc3c2)cc1. The first kappa shape index (κ1) is 25.3. The minimum atomic E-state index is 1.03. The van der Waals surface area contributed by atoms with Crippen molar-refractivity contribution < 1.29 is 0 Å². The van der Waals surface area contributed by atoms with Gasteiger partial charge in [0.05, 0.1) is 0 Å². The van der Waals surface area contributed by atoms with Gasteiger partial charge in [0.15, 0.2) is 0 Å². The minimum Gasteiger partial charge on any atom is -0.372 e. The van der Waals surface area contributed by atoms with Crippen molar-refractivity contribution in [2.45, 2.75) is 27.7 Å². The largest absolute Gasteiger partial charge is 0.372 e. The first-order valence-corrected chi connectivity index (χ1v) is 13.2. The van der Waals surface area contributed by atoms with Gasteiger partial charge in [0.1, 0.15) is 0 Å². The van der Waals surface area contributed by atoms with Gasteiger partial charge in [-0.25, -0.2) is 0 Å². The van der Waals surface area contributed by atoms with Crippen molar-refractivity contribution in [1.82, 2.24) is 0 Å². The molecule has 0 aromatic heterocycles. The van der Waals surface area contributed by atoms with Crippen molar-refractivity contribution in [3.8, 4) is 0 Å². The minimum absolute atomic E-state index is 1.03. The van der Waals surface area contributed by atoms with E-state index in [0.29, 0.717) is 0 Å². The van der Waals surface area contributed by atoms with Crippen LogP contribution in [-0.4, -0.2) is 26.2 Å². The van der Waals surface area contributed by atoms with E-state index in [-0.39, 0.29) is 0 Å². The smallest absolute Gasteiger partial charge is 0.0366 e. The highest BCUT2D eigenvalue weighted by Crippen LogP contribution is 2.22. The normalized spacial score (nSPS) is 11.6. The third-order valence-electron chi connectivity index (χ3n) is 6.87. The molecule has 0 bridgehead atoms. The van der Waals surface area contributed by atoms with Crippen LogP contribution in [0.3, 0.4) is 0 Å². The molecule has 36 heavy (non-hydrogen) atoms. The second-order valence-corrected chi connectivity index (χ2v) is 9.06. The lowest BCUT2D eigenvalue weighted by atomic mass is 10.0. The Hall–Kier alpha value is -3.78. The van der Waals surface area contributed by atoms with Crippen molar-refractivity contribution in [1.29, 1.82) is 0 Å². The number of benzene rings is 4. The fraction of sp³-hybridized carbons (Fsp3) is 0.235. The Bertz CT molecular complexity index is 1200. The Morgan fingerprint density at radius 3 is 1.06 bits per heavy atom. The molecule has 0 spiro atoms. The molecule has 0 atom stereocenters. The molecule has 0 N–H and O–H groups in total. The molecule has 4 aromatic carbocycles. The van der Waals surface area contributed by atoms with Gasteiger partial charge in [0.25, 0.3) is 0 Å². The second kappa shape index (κ2) is 12.3. The quantitative estimate of drug-likeness (QED) is 0.212. The van der Waals surface area contributed by atoms with Gasteiger partial charge in [-0.3, -0.25) is 0 Å². The summed E-state index contributed by atoms with van der Waals surface area (Å²) < 4.78 is 0. The van der Waals surface area contributed by atoms with Crippen molar-refractivity contribution in [2.24, 2.45) is 0 Å². The zero-order chi connectivity index (χ0) is 25.3. The maximum Gasteiger partial charge on any atom is 0.0366 e. The van der Waals surface area contributed by atoms with E-state index < -0.39 is 0 Å². The lowest BCUT2D eigenvalue weighted by Crippen LogP contribution is -2.21. The molecule has 0 heterocycles. The van der Waals surface area contributed by atoms with Crippen LogP contribution in [0, 0.1) is 0 Å². The Morgan fingerprint density at radius 2 is 0.722 bits per heavy atom. The molecule has 0 fully saturated rings. The van der Waals surface area contributed by atoms with Crippen LogP contribution in [-0.2, 0) is 0 Å². The highest BCUT2D eigenvalue weighted by atomic mass is 15.1. The predicted molar refractivity (Wildman–Crippen MR) is 162 cm³/mol. The predicted octanol–water partition coefficient (Wildman–Crippen LogP) is 8.87. The van der Waals surface area contributed by atoms with E-state index in [1.54, 1.807) is 0 Å². The van der Waals surface area contributed by atoms with Crippen LogP contribution in [0.25, 0.3) is 35.1 Å². The maximum atomic E-state index is 2.36. The van der Waals surface area contributed by atoms with E-state index in [9.17, 15) is 0 Å². The molecule has 0 saturated heterocycles. The van der Waals surface area contributed by atoms with Gasteiger partial charge in [-0.2, -0.15) is 0 Å². The number of hydrogen-bond donors (Lipinski definition) is 0. The van der Waals surface area contributed by atoms with Crippen molar-refractivity contribution in [3.63, 3.8) is 0 Å². The number of nitrogens with zero attached hydrogens (tertiary/aromatic N) is 2. The van der Waals surface area contributed by atoms with E-state index in [1.807, 2.05) is 0 Å². The highest BCUT2D eigenvalue weighted by Gasteiger charge is 2.02. The van der Waals surface area contributed by atoms with Gasteiger partial charge < -0.3 is 9.80 Å². The van der Waals surface area contributed by atoms with Gasteiger partial charge >= 0.3 is 0 Å². The van der Waals surface area contributed by atoms with Gasteiger partial charge in [0.2, 0.25) is 0 Å². The molecule has 0 aliphatic heterocycles. The van der Waals surface area contributed by atoms with Crippen LogP contribution >= 0.6 is 0 Å². The van der Waals surface area contributed by atoms with Crippen LogP contribution < -0.4 is 9.80 Å². The molecule has 0 radical (unpaired) electrons. The number of anilines is 2. The van der Waals surface area contributed by atoms with E-state index >= 15 is 0 Å². The fourth-order valence-corrected chi connectivity index (χ4v) is 4.64. The second-order valence-electron chi connectivity index (χ2n) is 9.06. The summed E-state index contributed by atoms with van der Waals surface area (Å²) in [7, 11) is 0. The Morgan fingerprint density at radius 1 is 0.417 bits per heavy atom. The molecule has 0 aliphatic carbocycles. The summed E-state index contributed by atoms with van der Waals surface area (Å²) in [5.74, 6) is 0. The van der Waals surface area contributed by atoms with Crippen LogP contribution in [0.2, 0.25) is 0 Å². The van der Waals surface area contributed by atoms with Crippen molar-refractivity contribution in [2.75, 3.05) is 36.0 Å². The monoisotopic (exact) mass is 474 g/mol. The van der Waals surface area contributed by atoms with Gasteiger partial charge in [-0.15, -0.1) is 0 Å². The van der Waals surface area contributed by atoms with Crippen molar-refractivity contribution in [3.05, 3.63) is 107 Å². The summed E-state index contributed by atoms with van der Waals surface area (Å²) in [6, 6.07) is 31.0. The highest BCUT2D eigenvalue weighted by molar-refractivity contribution is 5.88. The summed E-state index contributed by atoms with van der Waals surface area (Å²) in [6.45, 7) is 12.9. The molecule has 2 nitrogen and oxygen atoms in total. The molecular formula is C34H38N2. The Balaban J connectivity index is 1.44. The van der Waals surface area contributed by atoms with Crippen LogP contribution in [0.15, 0.2) is 84.9 Å². The van der Waals surface area contributed by atoms with Gasteiger partial charge in [-0.05, 0) is 97.1 Å². The number of fused-ring (bicyclic) bond motifs is 1. The summed E-state index contributed by atoms with van der Waals surface area (Å²) >= 11 is 0. The summed E-state index contributed by atoms with van der Waals surface area (Å²) in [5.41, 5.74) is 7.43. The molecule has 4 aromatic rings. The lowest BCUT2D eigenvalue weighted by molar-refractivity contribution is 0.866. The van der Waals surface area contributed by atoms with E-state index in [1.165, 1.54) is 44.4 Å². The van der Waals surface area contributed by atoms with E-state index in [0.717, 1.165) is 26.2 Å². The summed E-state index contributed by atoms with van der Waals surface area (Å²) in [6.07, 6.45) is 8.77. The fourth-order valence-electron chi connectivity index (χ4n) is 4.64. The first-order valence-electron chi connectivity index (χ1n) is 13.2. The van der Waals surface area contributed by atoms with E-state index in [4.69, 9.17) is 0 Å². The topological polar surface area (TPSA) is 6.48 Å². The maximum absolute atomic E-state index is 2.36. The summed E-state index contributed by atoms with van der Waals surface area (Å²) in [5, 5.41) is 2.52. The molecule has 4 rings (SSSR count). The molecule has 0 aliphatic rings. The Labute approximate surface area is 217 Å². The Kier molecular flexibility index (Phi) is 8.62. The molecule has 0 unspecified atom stereocenters. The van der Waals surface area contributed by atoms with E-state index in [2.05, 4.69) is 147 Å². The van der Waals surface area contributed by atoms with Crippen LogP contribution in [0.1, 0.15) is 49.9 Å². The van der Waals surface area contributed by atoms with Gasteiger partial charge in [-0.1, -0.05) is 72.8 Å². The number of rotatable bonds is 10. The third-order valence-corrected chi connectivity index (χ3v) is 6.87. The zero-order valence-corrected chi connectivity index (χ0v) is 22.1. The molecule has 2 heteroatoms. The molecule has 184 valence electrons. The number of hydrogen-bond acceptors (Lipinski definition) is 2. The first-order chi connectivity index (χ1) is 17.6. The lowest BCUT2D eigenvalue weighted by Gasteiger charge is -2.20. The zero-order valence-electron chi connectivity index (χ0n) is 22.1. The average Bonchev–Trinajstić information content (AvgIpc) is 2.93. The van der Waals surface area contributed by atoms with Crippen molar-refractivity contribution >= 4 is 46.5 Å². The molecule has 0 amide bonds. The average molecular weight is 475 g/mol. The van der Waals surface area contributed by atoms with Crippen LogP contribution in [0.5, 0.6) is 0 Å². The third kappa shape index (κ3) is 6.26. The molecular weight excluding hydrogens is 436 g/mol. The summed E-state index contributed by atoms with van der Waals surface area (Å²) in [4.78, 5) is 4.73. The van der Waals surface area contributed by atoms with Crippen LogP contribution in [0.4, 0.5) is 11.4 Å². The standard InChI is InChI=1S/C34H38N2/c1-5-35(6-2)33-21-15-27(16-22-33)9-11-29-13-19-32-26-30(14-20-31(32)25-29)12-10-28-17-23-34(24-18-28)36(7-3)8-4/h9-26H,5-8H2,1-4H3.